The highest BCUT2D eigenvalue weighted by Crippen LogP contribution is 2.32. The Bertz CT molecular complexity index is 763. The SMILES string of the molecule is CN(C)c1cc(CCCCCCC(=O)O)ccc1N(C=O)C1CCC(=O)NC1=O. The number of aryl methyl sites for hydroxylation is 1. The van der Waals surface area contributed by atoms with Crippen LogP contribution in [-0.4, -0.2) is 49.4 Å². The van der Waals surface area contributed by atoms with Crippen LogP contribution in [0.2, 0.25) is 0 Å². The number of carboxylic acids is 1. The standard InChI is InChI=1S/C21H29N3O5/c1-23(2)18-13-15(7-5-3-4-6-8-20(27)28)9-10-16(18)24(14-25)17-11-12-19(26)22-21(17)29/h9-10,13-14,17H,3-8,11-12H2,1-2H3,(H,27,28)(H,22,26,29). The maximum Gasteiger partial charge on any atom is 0.303 e. The Balaban J connectivity index is 2.08. The van der Waals surface area contributed by atoms with Gasteiger partial charge in [-0.05, 0) is 43.4 Å². The fourth-order valence-corrected chi connectivity index (χ4v) is 3.51. The summed E-state index contributed by atoms with van der Waals surface area (Å²) in [5.41, 5.74) is 2.57. The molecule has 29 heavy (non-hydrogen) atoms. The quantitative estimate of drug-likeness (QED) is 0.333. The molecule has 0 saturated carbocycles. The summed E-state index contributed by atoms with van der Waals surface area (Å²) in [6.45, 7) is 0. The molecule has 2 N–H and O–H groups in total. The third-order valence-corrected chi connectivity index (χ3v) is 5.07. The van der Waals surface area contributed by atoms with Crippen LogP contribution in [0.3, 0.4) is 0 Å². The van der Waals surface area contributed by atoms with E-state index in [4.69, 9.17) is 5.11 Å². The number of nitrogens with one attached hydrogen (secondary N) is 1. The number of hydrogen-bond acceptors (Lipinski definition) is 5. The predicted molar refractivity (Wildman–Crippen MR) is 110 cm³/mol. The Morgan fingerprint density at radius 2 is 1.90 bits per heavy atom. The number of carboxylic acid groups (broad SMARTS) is 1. The summed E-state index contributed by atoms with van der Waals surface area (Å²) in [5.74, 6) is -1.53. The van der Waals surface area contributed by atoms with E-state index in [0.717, 1.165) is 36.9 Å². The molecule has 3 amide bonds. The molecule has 1 heterocycles. The van der Waals surface area contributed by atoms with Crippen LogP contribution in [0.4, 0.5) is 11.4 Å². The van der Waals surface area contributed by atoms with Crippen LogP contribution in [0.15, 0.2) is 18.2 Å². The predicted octanol–water partition coefficient (Wildman–Crippen LogP) is 2.10. The maximum atomic E-state index is 12.2. The molecule has 1 aliphatic rings. The van der Waals surface area contributed by atoms with Crippen LogP contribution >= 0.6 is 0 Å². The molecular weight excluding hydrogens is 374 g/mol. The first-order valence-electron chi connectivity index (χ1n) is 9.93. The van der Waals surface area contributed by atoms with Gasteiger partial charge in [-0.25, -0.2) is 0 Å². The number of amides is 3. The molecule has 8 heteroatoms. The number of hydrogen-bond donors (Lipinski definition) is 2. The van der Waals surface area contributed by atoms with Crippen molar-refractivity contribution in [3.05, 3.63) is 23.8 Å². The van der Waals surface area contributed by atoms with Crippen LogP contribution in [0.5, 0.6) is 0 Å². The highest BCUT2D eigenvalue weighted by Gasteiger charge is 2.33. The molecule has 1 unspecified atom stereocenters. The number of imide groups is 1. The summed E-state index contributed by atoms with van der Waals surface area (Å²) in [4.78, 5) is 49.3. The Hall–Kier alpha value is -2.90. The number of nitrogens with zero attached hydrogens (tertiary/aromatic N) is 2. The second-order valence-electron chi connectivity index (χ2n) is 7.51. The molecule has 0 spiro atoms. The number of carbonyl (C=O) groups excluding carboxylic acids is 3. The Kier molecular flexibility index (Phi) is 8.18. The number of rotatable bonds is 11. The van der Waals surface area contributed by atoms with Gasteiger partial charge in [-0.1, -0.05) is 18.9 Å². The van der Waals surface area contributed by atoms with Gasteiger partial charge in [0.15, 0.2) is 0 Å². The third kappa shape index (κ3) is 6.30. The number of carbonyl (C=O) groups is 4. The van der Waals surface area contributed by atoms with Gasteiger partial charge in [0.1, 0.15) is 6.04 Å². The molecule has 8 nitrogen and oxygen atoms in total. The van der Waals surface area contributed by atoms with Gasteiger partial charge >= 0.3 is 5.97 Å². The van der Waals surface area contributed by atoms with Crippen LogP contribution in [0.25, 0.3) is 0 Å². The summed E-state index contributed by atoms with van der Waals surface area (Å²) in [6, 6.07) is 5.09. The van der Waals surface area contributed by atoms with Crippen LogP contribution in [-0.2, 0) is 25.6 Å². The average molecular weight is 403 g/mol. The first-order valence-corrected chi connectivity index (χ1v) is 9.93. The lowest BCUT2D eigenvalue weighted by atomic mass is 10.0. The van der Waals surface area contributed by atoms with E-state index in [-0.39, 0.29) is 18.7 Å². The highest BCUT2D eigenvalue weighted by molar-refractivity contribution is 6.04. The van der Waals surface area contributed by atoms with Crippen molar-refractivity contribution in [3.63, 3.8) is 0 Å². The van der Waals surface area contributed by atoms with E-state index >= 15 is 0 Å². The summed E-state index contributed by atoms with van der Waals surface area (Å²) >= 11 is 0. The molecule has 1 aliphatic heterocycles. The van der Waals surface area contributed by atoms with Crippen LogP contribution in [0.1, 0.15) is 50.5 Å². The average Bonchev–Trinajstić information content (AvgIpc) is 2.67. The number of unbranched alkanes of at least 4 members (excludes halogenated alkanes) is 3. The van der Waals surface area contributed by atoms with E-state index < -0.39 is 17.9 Å². The smallest absolute Gasteiger partial charge is 0.303 e. The van der Waals surface area contributed by atoms with Gasteiger partial charge in [-0.15, -0.1) is 0 Å². The van der Waals surface area contributed by atoms with E-state index in [9.17, 15) is 19.2 Å². The first-order chi connectivity index (χ1) is 13.8. The first kappa shape index (κ1) is 22.4. The lowest BCUT2D eigenvalue weighted by Gasteiger charge is -2.32. The number of aliphatic carboxylic acids is 1. The molecule has 1 saturated heterocycles. The lowest BCUT2D eigenvalue weighted by Crippen LogP contribution is -2.52. The van der Waals surface area contributed by atoms with Gasteiger partial charge in [0.05, 0.1) is 11.4 Å². The van der Waals surface area contributed by atoms with Crippen molar-refractivity contribution >= 4 is 35.6 Å². The number of piperidine rings is 1. The minimum atomic E-state index is -0.757. The van der Waals surface area contributed by atoms with E-state index in [1.807, 2.05) is 37.2 Å². The van der Waals surface area contributed by atoms with Crippen molar-refractivity contribution < 1.29 is 24.3 Å². The second-order valence-corrected chi connectivity index (χ2v) is 7.51. The molecule has 1 aromatic carbocycles. The third-order valence-electron chi connectivity index (χ3n) is 5.07. The van der Waals surface area contributed by atoms with Crippen molar-refractivity contribution in [3.8, 4) is 0 Å². The Morgan fingerprint density at radius 1 is 1.17 bits per heavy atom. The molecule has 2 rings (SSSR count). The fraction of sp³-hybridized carbons (Fsp3) is 0.524. The zero-order valence-electron chi connectivity index (χ0n) is 17.0. The molecule has 158 valence electrons. The van der Waals surface area contributed by atoms with Gasteiger partial charge in [0.2, 0.25) is 18.2 Å². The van der Waals surface area contributed by atoms with Crippen LogP contribution < -0.4 is 15.1 Å². The molecule has 1 fully saturated rings. The van der Waals surface area contributed by atoms with Crippen molar-refractivity contribution in [2.45, 2.75) is 57.4 Å². The molecule has 1 atom stereocenters. The zero-order chi connectivity index (χ0) is 21.4. The zero-order valence-corrected chi connectivity index (χ0v) is 17.0. The minimum Gasteiger partial charge on any atom is -0.481 e. The second kappa shape index (κ2) is 10.6. The molecule has 0 bridgehead atoms. The van der Waals surface area contributed by atoms with Crippen molar-refractivity contribution in [1.82, 2.24) is 5.32 Å². The largest absolute Gasteiger partial charge is 0.481 e. The van der Waals surface area contributed by atoms with Gasteiger partial charge in [0, 0.05) is 26.9 Å². The van der Waals surface area contributed by atoms with E-state index in [0.29, 0.717) is 24.9 Å². The molecule has 0 radical (unpaired) electrons. The molecule has 0 aromatic heterocycles. The summed E-state index contributed by atoms with van der Waals surface area (Å²) in [7, 11) is 3.75. The van der Waals surface area contributed by atoms with Crippen molar-refractivity contribution in [2.75, 3.05) is 23.9 Å². The fourth-order valence-electron chi connectivity index (χ4n) is 3.51. The van der Waals surface area contributed by atoms with Crippen LogP contribution in [0, 0.1) is 0 Å². The van der Waals surface area contributed by atoms with E-state index in [1.54, 1.807) is 0 Å². The normalized spacial score (nSPS) is 16.3. The summed E-state index contributed by atoms with van der Waals surface area (Å²) in [6.07, 6.45) is 5.71. The van der Waals surface area contributed by atoms with Crippen molar-refractivity contribution in [2.24, 2.45) is 0 Å². The van der Waals surface area contributed by atoms with Gasteiger partial charge < -0.3 is 14.9 Å². The Morgan fingerprint density at radius 3 is 2.52 bits per heavy atom. The lowest BCUT2D eigenvalue weighted by molar-refractivity contribution is -0.137. The van der Waals surface area contributed by atoms with Gasteiger partial charge in [-0.2, -0.15) is 0 Å². The van der Waals surface area contributed by atoms with Crippen molar-refractivity contribution in [1.29, 1.82) is 0 Å². The topological polar surface area (TPSA) is 107 Å². The maximum absolute atomic E-state index is 12.2. The molecular formula is C21H29N3O5. The Labute approximate surface area is 170 Å². The molecule has 1 aromatic rings. The van der Waals surface area contributed by atoms with Gasteiger partial charge in [-0.3, -0.25) is 24.5 Å². The highest BCUT2D eigenvalue weighted by atomic mass is 16.4. The molecule has 0 aliphatic carbocycles. The van der Waals surface area contributed by atoms with E-state index in [1.165, 1.54) is 4.90 Å². The monoisotopic (exact) mass is 403 g/mol. The summed E-state index contributed by atoms with van der Waals surface area (Å²) in [5, 5.41) is 11.0. The number of anilines is 2. The number of benzene rings is 1. The minimum absolute atomic E-state index is 0.206. The van der Waals surface area contributed by atoms with Gasteiger partial charge in [0.25, 0.3) is 0 Å². The van der Waals surface area contributed by atoms with E-state index in [2.05, 4.69) is 5.32 Å². The summed E-state index contributed by atoms with van der Waals surface area (Å²) < 4.78 is 0.